The Labute approximate surface area is 105 Å². The lowest BCUT2D eigenvalue weighted by molar-refractivity contribution is 0.214. The van der Waals surface area contributed by atoms with Gasteiger partial charge in [0.25, 0.3) is 0 Å². The third-order valence-corrected chi connectivity index (χ3v) is 3.43. The molecule has 0 amide bonds. The first-order chi connectivity index (χ1) is 7.99. The highest BCUT2D eigenvalue weighted by molar-refractivity contribution is 5.31. The summed E-state index contributed by atoms with van der Waals surface area (Å²) in [6.07, 6.45) is 2.21. The van der Waals surface area contributed by atoms with Gasteiger partial charge in [-0.2, -0.15) is 0 Å². The molecule has 1 aromatic carbocycles. The second-order valence-electron chi connectivity index (χ2n) is 5.27. The molecule has 0 saturated carbocycles. The van der Waals surface area contributed by atoms with Gasteiger partial charge in [0.1, 0.15) is 5.75 Å². The van der Waals surface area contributed by atoms with Crippen molar-refractivity contribution in [1.29, 1.82) is 0 Å². The minimum atomic E-state index is 0.185. The van der Waals surface area contributed by atoms with Crippen LogP contribution in [-0.4, -0.2) is 12.6 Å². The van der Waals surface area contributed by atoms with Crippen molar-refractivity contribution in [2.75, 3.05) is 6.54 Å². The number of benzene rings is 1. The van der Waals surface area contributed by atoms with Gasteiger partial charge in [-0.1, -0.05) is 32.9 Å². The van der Waals surface area contributed by atoms with Gasteiger partial charge in [-0.15, -0.1) is 0 Å². The quantitative estimate of drug-likeness (QED) is 0.819. The molecule has 1 unspecified atom stereocenters. The van der Waals surface area contributed by atoms with Crippen LogP contribution in [0.4, 0.5) is 0 Å². The Balaban J connectivity index is 2.68. The van der Waals surface area contributed by atoms with Crippen LogP contribution in [0.15, 0.2) is 24.3 Å². The van der Waals surface area contributed by atoms with Gasteiger partial charge in [-0.25, -0.2) is 0 Å². The second-order valence-corrected chi connectivity index (χ2v) is 5.27. The minimum absolute atomic E-state index is 0.185. The second kappa shape index (κ2) is 6.06. The lowest BCUT2D eigenvalue weighted by atomic mass is 9.82. The maximum atomic E-state index is 5.78. The summed E-state index contributed by atoms with van der Waals surface area (Å²) < 4.78 is 5.78. The molecule has 0 aliphatic heterocycles. The molecule has 1 rings (SSSR count). The van der Waals surface area contributed by atoms with E-state index >= 15 is 0 Å². The number of hydrogen-bond donors (Lipinski definition) is 1. The Bertz CT molecular complexity index is 329. The van der Waals surface area contributed by atoms with Crippen molar-refractivity contribution in [3.05, 3.63) is 29.8 Å². The van der Waals surface area contributed by atoms with E-state index in [0.717, 1.165) is 18.6 Å². The molecule has 0 saturated heterocycles. The molecule has 96 valence electrons. The van der Waals surface area contributed by atoms with Crippen molar-refractivity contribution in [2.45, 2.75) is 52.1 Å². The van der Waals surface area contributed by atoms with E-state index in [1.165, 1.54) is 5.56 Å². The fraction of sp³-hybridized carbons (Fsp3) is 0.600. The van der Waals surface area contributed by atoms with Crippen LogP contribution < -0.4 is 10.5 Å². The molecule has 1 atom stereocenters. The molecule has 0 aliphatic rings. The molecule has 17 heavy (non-hydrogen) atoms. The van der Waals surface area contributed by atoms with Crippen molar-refractivity contribution < 1.29 is 4.74 Å². The molecular weight excluding hydrogens is 210 g/mol. The highest BCUT2D eigenvalue weighted by atomic mass is 16.5. The number of ether oxygens (including phenoxy) is 1. The first-order valence-corrected chi connectivity index (χ1v) is 6.47. The third-order valence-electron chi connectivity index (χ3n) is 3.43. The van der Waals surface area contributed by atoms with E-state index in [1.54, 1.807) is 0 Å². The van der Waals surface area contributed by atoms with Gasteiger partial charge in [-0.05, 0) is 49.4 Å². The average molecular weight is 235 g/mol. The smallest absolute Gasteiger partial charge is 0.119 e. The number of hydrogen-bond acceptors (Lipinski definition) is 2. The highest BCUT2D eigenvalue weighted by Crippen LogP contribution is 2.28. The van der Waals surface area contributed by atoms with Crippen molar-refractivity contribution in [2.24, 2.45) is 5.73 Å². The SMILES string of the molecule is CCC(C)(C)c1ccc(OC(C)CCN)cc1. The van der Waals surface area contributed by atoms with Gasteiger partial charge in [-0.3, -0.25) is 0 Å². The maximum absolute atomic E-state index is 5.78. The van der Waals surface area contributed by atoms with E-state index in [-0.39, 0.29) is 11.5 Å². The van der Waals surface area contributed by atoms with Gasteiger partial charge < -0.3 is 10.5 Å². The van der Waals surface area contributed by atoms with Crippen LogP contribution in [0.25, 0.3) is 0 Å². The fourth-order valence-corrected chi connectivity index (χ4v) is 1.71. The maximum Gasteiger partial charge on any atom is 0.119 e. The predicted octanol–water partition coefficient (Wildman–Crippen LogP) is 3.49. The van der Waals surface area contributed by atoms with Crippen LogP contribution in [0.5, 0.6) is 5.75 Å². The summed E-state index contributed by atoms with van der Waals surface area (Å²) in [6, 6.07) is 8.43. The summed E-state index contributed by atoms with van der Waals surface area (Å²) >= 11 is 0. The van der Waals surface area contributed by atoms with Crippen molar-refractivity contribution in [3.63, 3.8) is 0 Å². The third kappa shape index (κ3) is 4.04. The Morgan fingerprint density at radius 2 is 1.82 bits per heavy atom. The van der Waals surface area contributed by atoms with Crippen LogP contribution >= 0.6 is 0 Å². The van der Waals surface area contributed by atoms with Gasteiger partial charge in [0.15, 0.2) is 0 Å². The van der Waals surface area contributed by atoms with E-state index in [2.05, 4.69) is 52.0 Å². The number of nitrogens with two attached hydrogens (primary N) is 1. The Hall–Kier alpha value is -1.02. The van der Waals surface area contributed by atoms with Crippen LogP contribution in [0.1, 0.15) is 46.1 Å². The predicted molar refractivity (Wildman–Crippen MR) is 73.5 cm³/mol. The van der Waals surface area contributed by atoms with Crippen molar-refractivity contribution in [3.8, 4) is 5.75 Å². The summed E-state index contributed by atoms with van der Waals surface area (Å²) in [5, 5.41) is 0. The molecule has 2 nitrogen and oxygen atoms in total. The summed E-state index contributed by atoms with van der Waals surface area (Å²) in [6.45, 7) is 9.46. The van der Waals surface area contributed by atoms with E-state index in [1.807, 2.05) is 0 Å². The molecule has 0 fully saturated rings. The normalized spacial score (nSPS) is 13.5. The molecule has 0 spiro atoms. The van der Waals surface area contributed by atoms with E-state index in [0.29, 0.717) is 6.54 Å². The van der Waals surface area contributed by atoms with Crippen molar-refractivity contribution >= 4 is 0 Å². The van der Waals surface area contributed by atoms with Crippen LogP contribution in [0, 0.1) is 0 Å². The Kier molecular flexibility index (Phi) is 5.01. The van der Waals surface area contributed by atoms with Crippen molar-refractivity contribution in [1.82, 2.24) is 0 Å². The van der Waals surface area contributed by atoms with E-state index in [4.69, 9.17) is 10.5 Å². The molecule has 1 aromatic rings. The Morgan fingerprint density at radius 3 is 2.29 bits per heavy atom. The van der Waals surface area contributed by atoms with Crippen LogP contribution in [0.3, 0.4) is 0 Å². The van der Waals surface area contributed by atoms with Gasteiger partial charge in [0, 0.05) is 0 Å². The first kappa shape index (κ1) is 14.0. The molecule has 0 heterocycles. The number of rotatable bonds is 6. The largest absolute Gasteiger partial charge is 0.491 e. The zero-order valence-corrected chi connectivity index (χ0v) is 11.5. The van der Waals surface area contributed by atoms with E-state index in [9.17, 15) is 0 Å². The first-order valence-electron chi connectivity index (χ1n) is 6.47. The molecule has 2 N–H and O–H groups in total. The lowest BCUT2D eigenvalue weighted by Crippen LogP contribution is -2.17. The average Bonchev–Trinajstić information content (AvgIpc) is 2.30. The highest BCUT2D eigenvalue weighted by Gasteiger charge is 2.17. The van der Waals surface area contributed by atoms with Gasteiger partial charge >= 0.3 is 0 Å². The molecule has 0 aromatic heterocycles. The van der Waals surface area contributed by atoms with Gasteiger partial charge in [0.05, 0.1) is 6.10 Å². The summed E-state index contributed by atoms with van der Waals surface area (Å²) in [5.74, 6) is 0.932. The van der Waals surface area contributed by atoms with Crippen LogP contribution in [0.2, 0.25) is 0 Å². The summed E-state index contributed by atoms with van der Waals surface area (Å²) in [4.78, 5) is 0. The zero-order chi connectivity index (χ0) is 12.9. The van der Waals surface area contributed by atoms with E-state index < -0.39 is 0 Å². The standard InChI is InChI=1S/C15H25NO/c1-5-15(3,4)13-6-8-14(9-7-13)17-12(2)10-11-16/h6-9,12H,5,10-11,16H2,1-4H3. The lowest BCUT2D eigenvalue weighted by Gasteiger charge is -2.23. The Morgan fingerprint density at radius 1 is 1.24 bits per heavy atom. The molecule has 0 bridgehead atoms. The van der Waals surface area contributed by atoms with Gasteiger partial charge in [0.2, 0.25) is 0 Å². The van der Waals surface area contributed by atoms with Crippen LogP contribution in [-0.2, 0) is 5.41 Å². The molecular formula is C15H25NO. The molecule has 2 heteroatoms. The molecule has 0 aliphatic carbocycles. The fourth-order valence-electron chi connectivity index (χ4n) is 1.71. The molecule has 0 radical (unpaired) electrons. The topological polar surface area (TPSA) is 35.2 Å². The minimum Gasteiger partial charge on any atom is -0.491 e. The summed E-state index contributed by atoms with van der Waals surface area (Å²) in [5.41, 5.74) is 7.10. The summed E-state index contributed by atoms with van der Waals surface area (Å²) in [7, 11) is 0. The monoisotopic (exact) mass is 235 g/mol. The zero-order valence-electron chi connectivity index (χ0n) is 11.5.